The summed E-state index contributed by atoms with van der Waals surface area (Å²) in [5, 5.41) is 0.987. The predicted molar refractivity (Wildman–Crippen MR) is 75.9 cm³/mol. The van der Waals surface area contributed by atoms with Crippen molar-refractivity contribution in [3.8, 4) is 0 Å². The van der Waals surface area contributed by atoms with Crippen LogP contribution in [0.4, 0.5) is 0 Å². The van der Waals surface area contributed by atoms with E-state index < -0.39 is 0 Å². The van der Waals surface area contributed by atoms with Crippen molar-refractivity contribution in [3.05, 3.63) is 23.9 Å². The molecule has 1 saturated carbocycles. The molecule has 0 radical (unpaired) electrons. The van der Waals surface area contributed by atoms with Crippen LogP contribution in [0.2, 0.25) is 0 Å². The van der Waals surface area contributed by atoms with Gasteiger partial charge in [-0.15, -0.1) is 11.8 Å². The predicted octanol–water partition coefficient (Wildman–Crippen LogP) is 2.54. The van der Waals surface area contributed by atoms with Gasteiger partial charge in [0, 0.05) is 18.0 Å². The molecule has 1 heterocycles. The van der Waals surface area contributed by atoms with Gasteiger partial charge in [0.2, 0.25) is 0 Å². The maximum absolute atomic E-state index is 11.3. The topological polar surface area (TPSA) is 65.2 Å². The van der Waals surface area contributed by atoms with Gasteiger partial charge in [0.1, 0.15) is 0 Å². The molecule has 0 amide bonds. The minimum Gasteiger partial charge on any atom is -0.469 e. The zero-order chi connectivity index (χ0) is 13.9. The number of thioether (sulfide) groups is 1. The zero-order valence-electron chi connectivity index (χ0n) is 11.4. The van der Waals surface area contributed by atoms with Crippen molar-refractivity contribution in [1.29, 1.82) is 0 Å². The molecule has 1 aromatic heterocycles. The number of hydrogen-bond donors (Lipinski definition) is 1. The second-order valence-corrected chi connectivity index (χ2v) is 6.26. The summed E-state index contributed by atoms with van der Waals surface area (Å²) in [6, 6.07) is 4.03. The molecule has 0 aliphatic heterocycles. The summed E-state index contributed by atoms with van der Waals surface area (Å²) in [6.45, 7) is 1.94. The highest BCUT2D eigenvalue weighted by molar-refractivity contribution is 7.99. The van der Waals surface area contributed by atoms with Crippen LogP contribution in [0.3, 0.4) is 0 Å². The van der Waals surface area contributed by atoms with Gasteiger partial charge in [-0.2, -0.15) is 0 Å². The van der Waals surface area contributed by atoms with Crippen LogP contribution in [-0.2, 0) is 9.53 Å². The summed E-state index contributed by atoms with van der Waals surface area (Å²) >= 11 is 1.70. The second-order valence-electron chi connectivity index (χ2n) is 5.26. The summed E-state index contributed by atoms with van der Waals surface area (Å²) in [5.41, 5.74) is 6.97. The molecule has 1 aliphatic carbocycles. The second kappa shape index (κ2) is 5.92. The van der Waals surface area contributed by atoms with E-state index in [1.165, 1.54) is 7.11 Å². The monoisotopic (exact) mass is 280 g/mol. The number of carbonyl (C=O) groups is 1. The van der Waals surface area contributed by atoms with Crippen molar-refractivity contribution < 1.29 is 9.53 Å². The first-order valence-electron chi connectivity index (χ1n) is 6.46. The number of ether oxygens (including phenoxy) is 1. The molecule has 2 N–H and O–H groups in total. The van der Waals surface area contributed by atoms with E-state index in [4.69, 9.17) is 10.5 Å². The van der Waals surface area contributed by atoms with Crippen molar-refractivity contribution in [2.75, 3.05) is 12.9 Å². The Labute approximate surface area is 118 Å². The van der Waals surface area contributed by atoms with Crippen molar-refractivity contribution in [3.63, 3.8) is 0 Å². The molecule has 104 valence electrons. The third-order valence-corrected chi connectivity index (χ3v) is 4.81. The van der Waals surface area contributed by atoms with Crippen molar-refractivity contribution >= 4 is 17.7 Å². The lowest BCUT2D eigenvalue weighted by Gasteiger charge is -2.13. The Morgan fingerprint density at radius 1 is 1.58 bits per heavy atom. The van der Waals surface area contributed by atoms with Gasteiger partial charge in [-0.1, -0.05) is 6.07 Å². The SMILES string of the molecule is COC(=O)CC1(CSc2ccc(C(C)N)cn2)CC1. The van der Waals surface area contributed by atoms with E-state index in [0.717, 1.165) is 29.2 Å². The molecule has 0 bridgehead atoms. The van der Waals surface area contributed by atoms with Gasteiger partial charge in [-0.05, 0) is 36.8 Å². The molecule has 5 heteroatoms. The molecule has 0 aromatic carbocycles. The number of rotatable bonds is 6. The molecule has 0 saturated heterocycles. The Bertz CT molecular complexity index is 441. The minimum absolute atomic E-state index is 0.0145. The van der Waals surface area contributed by atoms with Gasteiger partial charge < -0.3 is 10.5 Å². The summed E-state index contributed by atoms with van der Waals surface area (Å²) < 4.78 is 4.74. The van der Waals surface area contributed by atoms with Crippen LogP contribution in [0.15, 0.2) is 23.4 Å². The van der Waals surface area contributed by atoms with Gasteiger partial charge in [0.15, 0.2) is 0 Å². The van der Waals surface area contributed by atoms with E-state index in [-0.39, 0.29) is 17.4 Å². The highest BCUT2D eigenvalue weighted by Crippen LogP contribution is 2.51. The highest BCUT2D eigenvalue weighted by atomic mass is 32.2. The lowest BCUT2D eigenvalue weighted by atomic mass is 10.1. The summed E-state index contributed by atoms with van der Waals surface area (Å²) in [4.78, 5) is 15.7. The first-order chi connectivity index (χ1) is 9.04. The van der Waals surface area contributed by atoms with Gasteiger partial charge in [0.25, 0.3) is 0 Å². The number of methoxy groups -OCH3 is 1. The van der Waals surface area contributed by atoms with Crippen molar-refractivity contribution in [2.24, 2.45) is 11.1 Å². The number of carbonyl (C=O) groups excluding carboxylic acids is 1. The zero-order valence-corrected chi connectivity index (χ0v) is 12.2. The number of aromatic nitrogens is 1. The fraction of sp³-hybridized carbons (Fsp3) is 0.571. The van der Waals surface area contributed by atoms with Gasteiger partial charge in [-0.3, -0.25) is 4.79 Å². The number of pyridine rings is 1. The Balaban J connectivity index is 1.87. The van der Waals surface area contributed by atoms with Crippen molar-refractivity contribution in [2.45, 2.75) is 37.3 Å². The van der Waals surface area contributed by atoms with E-state index in [1.807, 2.05) is 25.3 Å². The van der Waals surface area contributed by atoms with Crippen LogP contribution in [-0.4, -0.2) is 23.8 Å². The Morgan fingerprint density at radius 3 is 2.79 bits per heavy atom. The van der Waals surface area contributed by atoms with Gasteiger partial charge in [0.05, 0.1) is 18.6 Å². The Hall–Kier alpha value is -1.07. The normalized spacial score (nSPS) is 17.8. The quantitative estimate of drug-likeness (QED) is 0.641. The van der Waals surface area contributed by atoms with Crippen LogP contribution in [0.5, 0.6) is 0 Å². The maximum Gasteiger partial charge on any atom is 0.306 e. The van der Waals surface area contributed by atoms with Crippen LogP contribution in [0.1, 0.15) is 37.8 Å². The maximum atomic E-state index is 11.3. The van der Waals surface area contributed by atoms with Crippen LogP contribution in [0, 0.1) is 5.41 Å². The molecule has 1 atom stereocenters. The van der Waals surface area contributed by atoms with Gasteiger partial charge >= 0.3 is 5.97 Å². The largest absolute Gasteiger partial charge is 0.469 e. The highest BCUT2D eigenvalue weighted by Gasteiger charge is 2.44. The van der Waals surface area contributed by atoms with Gasteiger partial charge in [-0.25, -0.2) is 4.98 Å². The standard InChI is InChI=1S/C14H20N2O2S/c1-10(15)11-3-4-12(16-8-11)19-9-14(5-6-14)7-13(17)18-2/h3-4,8,10H,5-7,9,15H2,1-2H3. The minimum atomic E-state index is -0.113. The Morgan fingerprint density at radius 2 is 2.32 bits per heavy atom. The first kappa shape index (κ1) is 14.3. The van der Waals surface area contributed by atoms with Crippen LogP contribution < -0.4 is 5.73 Å². The summed E-state index contributed by atoms with van der Waals surface area (Å²) in [6.07, 6.45) is 4.56. The Kier molecular flexibility index (Phi) is 4.47. The number of hydrogen-bond acceptors (Lipinski definition) is 5. The molecular weight excluding hydrogens is 260 g/mol. The average Bonchev–Trinajstić information content (AvgIpc) is 3.17. The van der Waals surface area contributed by atoms with Crippen LogP contribution >= 0.6 is 11.8 Å². The molecule has 1 aromatic rings. The van der Waals surface area contributed by atoms with Crippen molar-refractivity contribution in [1.82, 2.24) is 4.98 Å². The molecule has 1 fully saturated rings. The summed E-state index contributed by atoms with van der Waals surface area (Å²) in [5.74, 6) is 0.811. The lowest BCUT2D eigenvalue weighted by Crippen LogP contribution is -2.13. The molecule has 1 unspecified atom stereocenters. The molecule has 0 spiro atoms. The van der Waals surface area contributed by atoms with E-state index in [2.05, 4.69) is 4.98 Å². The smallest absolute Gasteiger partial charge is 0.306 e. The fourth-order valence-corrected chi connectivity index (χ4v) is 3.04. The third-order valence-electron chi connectivity index (χ3n) is 3.52. The van der Waals surface area contributed by atoms with Crippen LogP contribution in [0.25, 0.3) is 0 Å². The summed E-state index contributed by atoms with van der Waals surface area (Å²) in [7, 11) is 1.44. The number of nitrogens with two attached hydrogens (primary N) is 1. The van der Waals surface area contributed by atoms with E-state index in [0.29, 0.717) is 6.42 Å². The molecular formula is C14H20N2O2S. The molecule has 19 heavy (non-hydrogen) atoms. The molecule has 1 aliphatic rings. The lowest BCUT2D eigenvalue weighted by molar-refractivity contribution is -0.141. The molecule has 4 nitrogen and oxygen atoms in total. The number of esters is 1. The average molecular weight is 280 g/mol. The third kappa shape index (κ3) is 3.94. The fourth-order valence-electron chi connectivity index (χ4n) is 1.90. The van der Waals surface area contributed by atoms with E-state index in [9.17, 15) is 4.79 Å². The van der Waals surface area contributed by atoms with E-state index >= 15 is 0 Å². The number of nitrogens with zero attached hydrogens (tertiary/aromatic N) is 1. The van der Waals surface area contributed by atoms with E-state index in [1.54, 1.807) is 11.8 Å². The first-order valence-corrected chi connectivity index (χ1v) is 7.44. The molecule has 2 rings (SSSR count).